The molecule has 0 aliphatic rings. The molecule has 0 spiro atoms. The highest BCUT2D eigenvalue weighted by Gasteiger charge is 2.06. The maximum Gasteiger partial charge on any atom is 0.228 e. The summed E-state index contributed by atoms with van der Waals surface area (Å²) < 4.78 is 13.7. The van der Waals surface area contributed by atoms with Gasteiger partial charge < -0.3 is 5.32 Å². The molecule has 5 heteroatoms. The third-order valence-corrected chi connectivity index (χ3v) is 2.93. The van der Waals surface area contributed by atoms with Crippen molar-refractivity contribution >= 4 is 27.5 Å². The third kappa shape index (κ3) is 3.37. The molecule has 1 amide bonds. The fraction of sp³-hybridized carbons (Fsp3) is 0.0769. The van der Waals surface area contributed by atoms with E-state index in [1.165, 1.54) is 12.1 Å². The summed E-state index contributed by atoms with van der Waals surface area (Å²) in [4.78, 5) is 15.7. The molecule has 0 saturated heterocycles. The molecule has 1 aromatic carbocycles. The Balaban J connectivity index is 2.03. The average Bonchev–Trinajstić information content (AvgIpc) is 2.32. The molecule has 0 aliphatic carbocycles. The molecular weight excluding hydrogens is 299 g/mol. The van der Waals surface area contributed by atoms with Crippen LogP contribution in [-0.4, -0.2) is 10.9 Å². The van der Waals surface area contributed by atoms with Crippen LogP contribution in [0.2, 0.25) is 0 Å². The Morgan fingerprint density at radius 3 is 2.94 bits per heavy atom. The molecule has 1 N–H and O–H groups in total. The molecule has 1 aromatic heterocycles. The smallest absolute Gasteiger partial charge is 0.228 e. The van der Waals surface area contributed by atoms with Crippen LogP contribution >= 0.6 is 15.9 Å². The zero-order valence-corrected chi connectivity index (χ0v) is 10.9. The van der Waals surface area contributed by atoms with Gasteiger partial charge in [-0.3, -0.25) is 9.78 Å². The standard InChI is InChI=1S/C13H10BrFN2O/c14-11-8-16-5-4-12(11)17-13(18)7-9-2-1-3-10(15)6-9/h1-6,8H,7H2,(H,16,17,18). The molecule has 92 valence electrons. The summed E-state index contributed by atoms with van der Waals surface area (Å²) in [6.45, 7) is 0. The van der Waals surface area contributed by atoms with Crippen LogP contribution in [0.1, 0.15) is 5.56 Å². The van der Waals surface area contributed by atoms with Crippen molar-refractivity contribution in [2.24, 2.45) is 0 Å². The van der Waals surface area contributed by atoms with Crippen molar-refractivity contribution in [2.45, 2.75) is 6.42 Å². The second-order valence-electron chi connectivity index (χ2n) is 3.71. The van der Waals surface area contributed by atoms with Crippen LogP contribution in [-0.2, 0) is 11.2 Å². The van der Waals surface area contributed by atoms with Crippen molar-refractivity contribution in [2.75, 3.05) is 5.32 Å². The summed E-state index contributed by atoms with van der Waals surface area (Å²) in [7, 11) is 0. The number of halogens is 2. The number of rotatable bonds is 3. The number of nitrogens with zero attached hydrogens (tertiary/aromatic N) is 1. The zero-order chi connectivity index (χ0) is 13.0. The normalized spacial score (nSPS) is 10.1. The lowest BCUT2D eigenvalue weighted by atomic mass is 10.1. The Kier molecular flexibility index (Phi) is 4.04. The van der Waals surface area contributed by atoms with Gasteiger partial charge >= 0.3 is 0 Å². The van der Waals surface area contributed by atoms with E-state index in [0.717, 1.165) is 0 Å². The summed E-state index contributed by atoms with van der Waals surface area (Å²) in [5.41, 5.74) is 1.28. The van der Waals surface area contributed by atoms with Gasteiger partial charge in [0, 0.05) is 12.4 Å². The number of carbonyl (C=O) groups excluding carboxylic acids is 1. The Hall–Kier alpha value is -1.75. The Bertz CT molecular complexity index is 574. The minimum absolute atomic E-state index is 0.131. The first-order valence-electron chi connectivity index (χ1n) is 5.29. The van der Waals surface area contributed by atoms with E-state index in [1.807, 2.05) is 0 Å². The predicted octanol–water partition coefficient (Wildman–Crippen LogP) is 3.16. The SMILES string of the molecule is O=C(Cc1cccc(F)c1)Nc1ccncc1Br. The molecule has 18 heavy (non-hydrogen) atoms. The largest absolute Gasteiger partial charge is 0.325 e. The second-order valence-corrected chi connectivity index (χ2v) is 4.56. The highest BCUT2D eigenvalue weighted by molar-refractivity contribution is 9.10. The van der Waals surface area contributed by atoms with Crippen LogP contribution in [0.5, 0.6) is 0 Å². The number of pyridine rings is 1. The molecule has 0 atom stereocenters. The number of hydrogen-bond acceptors (Lipinski definition) is 2. The molecule has 2 aromatic rings. The number of benzene rings is 1. The van der Waals surface area contributed by atoms with Crippen molar-refractivity contribution in [3.8, 4) is 0 Å². The van der Waals surface area contributed by atoms with E-state index in [2.05, 4.69) is 26.2 Å². The molecule has 2 rings (SSSR count). The summed E-state index contributed by atoms with van der Waals surface area (Å²) in [6.07, 6.45) is 3.31. The van der Waals surface area contributed by atoms with Crippen molar-refractivity contribution in [3.05, 3.63) is 58.6 Å². The third-order valence-electron chi connectivity index (χ3n) is 2.30. The fourth-order valence-electron chi connectivity index (χ4n) is 1.50. The summed E-state index contributed by atoms with van der Waals surface area (Å²) in [5, 5.41) is 2.73. The van der Waals surface area contributed by atoms with Gasteiger partial charge in [0.25, 0.3) is 0 Å². The molecular formula is C13H10BrFN2O. The van der Waals surface area contributed by atoms with Gasteiger partial charge in [-0.05, 0) is 39.7 Å². The van der Waals surface area contributed by atoms with E-state index in [4.69, 9.17) is 0 Å². The lowest BCUT2D eigenvalue weighted by Crippen LogP contribution is -2.14. The Morgan fingerprint density at radius 1 is 1.39 bits per heavy atom. The first kappa shape index (κ1) is 12.7. The number of nitrogens with one attached hydrogen (secondary N) is 1. The number of anilines is 1. The van der Waals surface area contributed by atoms with Crippen LogP contribution in [0.4, 0.5) is 10.1 Å². The summed E-state index contributed by atoms with van der Waals surface area (Å²) in [6, 6.07) is 7.68. The second kappa shape index (κ2) is 5.73. The van der Waals surface area contributed by atoms with Crippen molar-refractivity contribution in [1.29, 1.82) is 0 Å². The molecule has 0 fully saturated rings. The van der Waals surface area contributed by atoms with E-state index in [9.17, 15) is 9.18 Å². The fourth-order valence-corrected chi connectivity index (χ4v) is 1.85. The van der Waals surface area contributed by atoms with Crippen LogP contribution in [0, 0.1) is 5.82 Å². The number of aromatic nitrogens is 1. The van der Waals surface area contributed by atoms with E-state index in [1.54, 1.807) is 30.6 Å². The molecule has 0 saturated carbocycles. The molecule has 1 heterocycles. The topological polar surface area (TPSA) is 42.0 Å². The predicted molar refractivity (Wildman–Crippen MR) is 70.7 cm³/mol. The zero-order valence-electron chi connectivity index (χ0n) is 9.36. The number of carbonyl (C=O) groups is 1. The molecule has 3 nitrogen and oxygen atoms in total. The van der Waals surface area contributed by atoms with Gasteiger partial charge in [-0.1, -0.05) is 12.1 Å². The number of amides is 1. The molecule has 0 aliphatic heterocycles. The van der Waals surface area contributed by atoms with Gasteiger partial charge in [0.2, 0.25) is 5.91 Å². The number of hydrogen-bond donors (Lipinski definition) is 1. The van der Waals surface area contributed by atoms with Crippen LogP contribution < -0.4 is 5.32 Å². The van der Waals surface area contributed by atoms with Gasteiger partial charge in [0.1, 0.15) is 5.82 Å². The quantitative estimate of drug-likeness (QED) is 0.946. The lowest BCUT2D eigenvalue weighted by molar-refractivity contribution is -0.115. The minimum Gasteiger partial charge on any atom is -0.325 e. The van der Waals surface area contributed by atoms with Crippen molar-refractivity contribution < 1.29 is 9.18 Å². The minimum atomic E-state index is -0.342. The van der Waals surface area contributed by atoms with Gasteiger partial charge in [-0.25, -0.2) is 4.39 Å². The lowest BCUT2D eigenvalue weighted by Gasteiger charge is -2.06. The van der Waals surface area contributed by atoms with Crippen LogP contribution in [0.15, 0.2) is 47.2 Å². The maximum absolute atomic E-state index is 13.0. The Labute approximate surface area is 112 Å². The van der Waals surface area contributed by atoms with E-state index in [0.29, 0.717) is 15.7 Å². The summed E-state index contributed by atoms with van der Waals surface area (Å²) >= 11 is 3.28. The maximum atomic E-state index is 13.0. The summed E-state index contributed by atoms with van der Waals surface area (Å²) in [5.74, 6) is -0.544. The molecule has 0 bridgehead atoms. The van der Waals surface area contributed by atoms with Crippen LogP contribution in [0.3, 0.4) is 0 Å². The van der Waals surface area contributed by atoms with Crippen molar-refractivity contribution in [3.63, 3.8) is 0 Å². The van der Waals surface area contributed by atoms with Crippen LogP contribution in [0.25, 0.3) is 0 Å². The highest BCUT2D eigenvalue weighted by Crippen LogP contribution is 2.20. The first-order chi connectivity index (χ1) is 8.65. The van der Waals surface area contributed by atoms with E-state index >= 15 is 0 Å². The van der Waals surface area contributed by atoms with Gasteiger partial charge in [0.15, 0.2) is 0 Å². The van der Waals surface area contributed by atoms with Gasteiger partial charge in [-0.2, -0.15) is 0 Å². The Morgan fingerprint density at radius 2 is 2.22 bits per heavy atom. The molecule has 0 radical (unpaired) electrons. The molecule has 0 unspecified atom stereocenters. The van der Waals surface area contributed by atoms with Crippen molar-refractivity contribution in [1.82, 2.24) is 4.98 Å². The monoisotopic (exact) mass is 308 g/mol. The van der Waals surface area contributed by atoms with E-state index < -0.39 is 0 Å². The average molecular weight is 309 g/mol. The first-order valence-corrected chi connectivity index (χ1v) is 6.08. The van der Waals surface area contributed by atoms with Gasteiger partial charge in [-0.15, -0.1) is 0 Å². The van der Waals surface area contributed by atoms with E-state index in [-0.39, 0.29) is 18.1 Å². The highest BCUT2D eigenvalue weighted by atomic mass is 79.9. The van der Waals surface area contributed by atoms with Gasteiger partial charge in [0.05, 0.1) is 16.6 Å².